The lowest BCUT2D eigenvalue weighted by Crippen LogP contribution is -2.61. The van der Waals surface area contributed by atoms with E-state index in [1.54, 1.807) is 0 Å². The van der Waals surface area contributed by atoms with E-state index in [1.807, 2.05) is 0 Å². The zero-order chi connectivity index (χ0) is 14.3. The maximum atomic E-state index is 6.42. The number of hydrogen-bond donors (Lipinski definition) is 0. The zero-order valence-electron chi connectivity index (χ0n) is 13.7. The third-order valence-electron chi connectivity index (χ3n) is 7.08. The molecule has 0 spiro atoms. The molecule has 1 heterocycles. The van der Waals surface area contributed by atoms with Gasteiger partial charge < -0.3 is 9.47 Å². The van der Waals surface area contributed by atoms with Crippen LogP contribution in [0.25, 0.3) is 0 Å². The molecule has 2 saturated carbocycles. The van der Waals surface area contributed by atoms with Crippen molar-refractivity contribution in [3.05, 3.63) is 0 Å². The second kappa shape index (κ2) is 3.57. The van der Waals surface area contributed by atoms with E-state index in [1.165, 1.54) is 12.8 Å². The topological polar surface area (TPSA) is 18.5 Å². The van der Waals surface area contributed by atoms with Crippen LogP contribution in [0, 0.1) is 22.7 Å². The number of fused-ring (bicyclic) bond motifs is 2. The molecule has 1 aliphatic heterocycles. The van der Waals surface area contributed by atoms with Crippen molar-refractivity contribution in [2.45, 2.75) is 85.2 Å². The summed E-state index contributed by atoms with van der Waals surface area (Å²) in [7, 11) is 0. The number of ether oxygens (including phenoxy) is 2. The van der Waals surface area contributed by atoms with Crippen LogP contribution in [-0.2, 0) is 9.47 Å². The highest BCUT2D eigenvalue weighted by atomic mass is 16.8. The Kier molecular flexibility index (Phi) is 2.61. The highest BCUT2D eigenvalue weighted by molar-refractivity contribution is 5.16. The third-order valence-corrected chi connectivity index (χ3v) is 7.08. The van der Waals surface area contributed by atoms with E-state index in [9.17, 15) is 0 Å². The molecule has 2 aliphatic carbocycles. The van der Waals surface area contributed by atoms with Crippen LogP contribution in [0.3, 0.4) is 0 Å². The van der Waals surface area contributed by atoms with Crippen molar-refractivity contribution >= 4 is 0 Å². The van der Waals surface area contributed by atoms with Crippen LogP contribution in [0.2, 0.25) is 0 Å². The van der Waals surface area contributed by atoms with Crippen molar-refractivity contribution in [3.8, 4) is 0 Å². The summed E-state index contributed by atoms with van der Waals surface area (Å²) in [5.74, 6) is 1.11. The minimum Gasteiger partial charge on any atom is -0.344 e. The van der Waals surface area contributed by atoms with Gasteiger partial charge in [0, 0.05) is 0 Å². The first-order valence-electron chi connectivity index (χ1n) is 7.91. The van der Waals surface area contributed by atoms with Crippen molar-refractivity contribution in [2.75, 3.05) is 0 Å². The summed E-state index contributed by atoms with van der Waals surface area (Å²) in [6.07, 6.45) is 4.09. The SMILES string of the molecule is C[C@@H]1CC[C@H]2C(C)(C)[C@]3(C)OC(C)(C)OC3C[C@]12C. The van der Waals surface area contributed by atoms with Gasteiger partial charge in [0.05, 0.1) is 6.10 Å². The molecule has 5 atom stereocenters. The van der Waals surface area contributed by atoms with Gasteiger partial charge in [0.25, 0.3) is 0 Å². The number of hydrogen-bond acceptors (Lipinski definition) is 2. The van der Waals surface area contributed by atoms with Gasteiger partial charge in [-0.05, 0) is 62.7 Å². The summed E-state index contributed by atoms with van der Waals surface area (Å²) >= 11 is 0. The predicted octanol–water partition coefficient (Wildman–Crippen LogP) is 4.38. The van der Waals surface area contributed by atoms with Crippen molar-refractivity contribution in [1.82, 2.24) is 0 Å². The van der Waals surface area contributed by atoms with E-state index in [4.69, 9.17) is 9.47 Å². The Bertz CT molecular complexity index is 400. The van der Waals surface area contributed by atoms with Crippen LogP contribution < -0.4 is 0 Å². The molecule has 0 N–H and O–H groups in total. The molecule has 0 aromatic heterocycles. The standard InChI is InChI=1S/C17H30O2/c1-11-8-9-12-14(2,3)17(7)13(10-16(11,12)6)18-15(4,5)19-17/h11-13H,8-10H2,1-7H3/t11-,12+,13?,16-,17-/m1/s1. The minimum atomic E-state index is -0.436. The lowest BCUT2D eigenvalue weighted by Gasteiger charge is -2.58. The second-order valence-electron chi connectivity index (χ2n) is 8.68. The molecule has 1 unspecified atom stereocenters. The quantitative estimate of drug-likeness (QED) is 0.648. The van der Waals surface area contributed by atoms with Crippen LogP contribution >= 0.6 is 0 Å². The van der Waals surface area contributed by atoms with Crippen LogP contribution in [0.5, 0.6) is 0 Å². The van der Waals surface area contributed by atoms with Crippen LogP contribution in [0.1, 0.15) is 67.7 Å². The largest absolute Gasteiger partial charge is 0.344 e. The Labute approximate surface area is 118 Å². The van der Waals surface area contributed by atoms with Crippen molar-refractivity contribution in [2.24, 2.45) is 22.7 Å². The normalized spacial score (nSPS) is 54.8. The van der Waals surface area contributed by atoms with E-state index in [-0.39, 0.29) is 17.1 Å². The molecule has 0 aromatic rings. The van der Waals surface area contributed by atoms with Crippen molar-refractivity contribution in [1.29, 1.82) is 0 Å². The lowest BCUT2D eigenvalue weighted by atomic mass is 9.50. The summed E-state index contributed by atoms with van der Waals surface area (Å²) < 4.78 is 12.7. The van der Waals surface area contributed by atoms with E-state index in [2.05, 4.69) is 48.5 Å². The summed E-state index contributed by atoms with van der Waals surface area (Å²) in [5, 5.41) is 0. The zero-order valence-corrected chi connectivity index (χ0v) is 13.7. The highest BCUT2D eigenvalue weighted by Gasteiger charge is 2.69. The van der Waals surface area contributed by atoms with Crippen molar-refractivity contribution in [3.63, 3.8) is 0 Å². The molecular formula is C17H30O2. The van der Waals surface area contributed by atoms with Gasteiger partial charge in [0.15, 0.2) is 5.79 Å². The molecule has 0 aromatic carbocycles. The molecule has 3 fully saturated rings. The Morgan fingerprint density at radius 2 is 1.58 bits per heavy atom. The van der Waals surface area contributed by atoms with Gasteiger partial charge in [-0.3, -0.25) is 0 Å². The first-order chi connectivity index (χ1) is 8.53. The molecule has 3 rings (SSSR count). The van der Waals surface area contributed by atoms with Gasteiger partial charge >= 0.3 is 0 Å². The Balaban J connectivity index is 2.06. The third kappa shape index (κ3) is 1.56. The van der Waals surface area contributed by atoms with Gasteiger partial charge in [-0.25, -0.2) is 0 Å². The maximum Gasteiger partial charge on any atom is 0.164 e. The molecule has 1 saturated heterocycles. The van der Waals surface area contributed by atoms with Gasteiger partial charge in [0.2, 0.25) is 0 Å². The average molecular weight is 266 g/mol. The van der Waals surface area contributed by atoms with Crippen LogP contribution in [0.15, 0.2) is 0 Å². The van der Waals surface area contributed by atoms with E-state index in [0.717, 1.165) is 18.3 Å². The first kappa shape index (κ1) is 13.9. The predicted molar refractivity (Wildman–Crippen MR) is 76.8 cm³/mol. The van der Waals surface area contributed by atoms with E-state index in [0.29, 0.717) is 5.41 Å². The smallest absolute Gasteiger partial charge is 0.164 e. The number of rotatable bonds is 0. The van der Waals surface area contributed by atoms with E-state index < -0.39 is 5.79 Å². The fourth-order valence-electron chi connectivity index (χ4n) is 5.53. The van der Waals surface area contributed by atoms with Gasteiger partial charge in [-0.1, -0.05) is 27.7 Å². The van der Waals surface area contributed by atoms with Gasteiger partial charge in [-0.15, -0.1) is 0 Å². The fraction of sp³-hybridized carbons (Fsp3) is 1.00. The minimum absolute atomic E-state index is 0.148. The summed E-state index contributed by atoms with van der Waals surface area (Å²) in [5.41, 5.74) is 0.436. The molecule has 2 nitrogen and oxygen atoms in total. The Hall–Kier alpha value is -0.0800. The summed E-state index contributed by atoms with van der Waals surface area (Å²) in [6.45, 7) is 16.2. The highest BCUT2D eigenvalue weighted by Crippen LogP contribution is 2.67. The molecule has 3 aliphatic rings. The van der Waals surface area contributed by atoms with Gasteiger partial charge in [-0.2, -0.15) is 0 Å². The average Bonchev–Trinajstić information content (AvgIpc) is 2.64. The Morgan fingerprint density at radius 1 is 0.947 bits per heavy atom. The fourth-order valence-corrected chi connectivity index (χ4v) is 5.53. The van der Waals surface area contributed by atoms with Crippen molar-refractivity contribution < 1.29 is 9.47 Å². The molecule has 110 valence electrons. The second-order valence-corrected chi connectivity index (χ2v) is 8.68. The van der Waals surface area contributed by atoms with Gasteiger partial charge in [0.1, 0.15) is 5.60 Å². The van der Waals surface area contributed by atoms with Crippen LogP contribution in [0.4, 0.5) is 0 Å². The molecule has 0 bridgehead atoms. The Morgan fingerprint density at radius 3 is 2.21 bits per heavy atom. The molecular weight excluding hydrogens is 236 g/mol. The molecule has 2 heteroatoms. The summed E-state index contributed by atoms with van der Waals surface area (Å²) in [6, 6.07) is 0. The maximum absolute atomic E-state index is 6.42. The molecule has 0 radical (unpaired) electrons. The lowest BCUT2D eigenvalue weighted by molar-refractivity contribution is -0.200. The molecule has 0 amide bonds. The van der Waals surface area contributed by atoms with E-state index >= 15 is 0 Å². The monoisotopic (exact) mass is 266 g/mol. The molecule has 19 heavy (non-hydrogen) atoms. The van der Waals surface area contributed by atoms with Crippen LogP contribution in [-0.4, -0.2) is 17.5 Å². The first-order valence-corrected chi connectivity index (χ1v) is 7.91. The summed E-state index contributed by atoms with van der Waals surface area (Å²) in [4.78, 5) is 0.